The van der Waals surface area contributed by atoms with Crippen LogP contribution in [-0.2, 0) is 22.3 Å². The van der Waals surface area contributed by atoms with Gasteiger partial charge in [-0.25, -0.2) is 4.39 Å². The second-order valence-electron chi connectivity index (χ2n) is 5.36. The first-order valence-electron chi connectivity index (χ1n) is 6.73. The lowest BCUT2D eigenvalue weighted by Gasteiger charge is -2.29. The minimum Gasteiger partial charge on any atom is -0.322 e. The Morgan fingerprint density at radius 1 is 1.17 bits per heavy atom. The Kier molecular flexibility index (Phi) is 3.38. The maximum absolute atomic E-state index is 14.1. The number of amides is 3. The lowest BCUT2D eigenvalue weighted by Crippen LogP contribution is -2.52. The molecule has 1 saturated heterocycles. The highest BCUT2D eigenvalue weighted by Gasteiger charge is 2.43. The van der Waals surface area contributed by atoms with E-state index in [1.165, 1.54) is 0 Å². The van der Waals surface area contributed by atoms with Gasteiger partial charge in [-0.15, -0.1) is 0 Å². The summed E-state index contributed by atoms with van der Waals surface area (Å²) in [5.41, 5.74) is -2.09. The monoisotopic (exact) mass is 330 g/mol. The van der Waals surface area contributed by atoms with Crippen LogP contribution in [0.1, 0.15) is 34.3 Å². The molecule has 23 heavy (non-hydrogen) atoms. The van der Waals surface area contributed by atoms with Crippen LogP contribution in [0.4, 0.5) is 17.6 Å². The van der Waals surface area contributed by atoms with Gasteiger partial charge in [-0.2, -0.15) is 13.2 Å². The Labute approximate surface area is 127 Å². The van der Waals surface area contributed by atoms with Crippen molar-refractivity contribution in [3.63, 3.8) is 0 Å². The Bertz CT molecular complexity index is 729. The number of halogens is 4. The van der Waals surface area contributed by atoms with Gasteiger partial charge in [0, 0.05) is 13.0 Å². The third kappa shape index (κ3) is 2.45. The number of nitrogens with zero attached hydrogens (tertiary/aromatic N) is 1. The van der Waals surface area contributed by atoms with Crippen LogP contribution in [0.5, 0.6) is 0 Å². The van der Waals surface area contributed by atoms with Gasteiger partial charge in [0.05, 0.1) is 11.1 Å². The molecule has 122 valence electrons. The molecule has 1 aromatic rings. The summed E-state index contributed by atoms with van der Waals surface area (Å²) in [4.78, 5) is 36.2. The normalized spacial score (nSPS) is 21.5. The van der Waals surface area contributed by atoms with Gasteiger partial charge in [0.1, 0.15) is 11.9 Å². The molecule has 3 rings (SSSR count). The van der Waals surface area contributed by atoms with Crippen molar-refractivity contribution in [3.05, 3.63) is 34.6 Å². The van der Waals surface area contributed by atoms with E-state index in [4.69, 9.17) is 0 Å². The van der Waals surface area contributed by atoms with Crippen LogP contribution in [-0.4, -0.2) is 28.7 Å². The number of benzene rings is 1. The van der Waals surface area contributed by atoms with Gasteiger partial charge in [0.25, 0.3) is 5.91 Å². The van der Waals surface area contributed by atoms with E-state index in [1.807, 2.05) is 0 Å². The fourth-order valence-electron chi connectivity index (χ4n) is 2.83. The van der Waals surface area contributed by atoms with Crippen molar-refractivity contribution < 1.29 is 31.9 Å². The maximum Gasteiger partial charge on any atom is 0.419 e. The molecule has 0 saturated carbocycles. The molecule has 2 aliphatic heterocycles. The summed E-state index contributed by atoms with van der Waals surface area (Å²) in [7, 11) is 0. The zero-order valence-electron chi connectivity index (χ0n) is 11.5. The summed E-state index contributed by atoms with van der Waals surface area (Å²) in [5, 5.41) is 2.06. The Hall–Kier alpha value is -2.45. The average Bonchev–Trinajstić information content (AvgIpc) is 2.76. The van der Waals surface area contributed by atoms with Crippen LogP contribution in [0, 0.1) is 5.82 Å². The van der Waals surface area contributed by atoms with Crippen molar-refractivity contribution in [2.75, 3.05) is 0 Å². The highest BCUT2D eigenvalue weighted by Crippen LogP contribution is 2.37. The summed E-state index contributed by atoms with van der Waals surface area (Å²) in [5.74, 6) is -3.80. The predicted molar refractivity (Wildman–Crippen MR) is 67.4 cm³/mol. The van der Waals surface area contributed by atoms with Crippen LogP contribution in [0.3, 0.4) is 0 Å². The van der Waals surface area contributed by atoms with Gasteiger partial charge < -0.3 is 4.90 Å². The second-order valence-corrected chi connectivity index (χ2v) is 5.36. The van der Waals surface area contributed by atoms with Crippen LogP contribution in [0.25, 0.3) is 0 Å². The minimum atomic E-state index is -4.92. The molecular weight excluding hydrogens is 320 g/mol. The number of hydrogen-bond donors (Lipinski definition) is 1. The molecule has 0 bridgehead atoms. The van der Waals surface area contributed by atoms with E-state index >= 15 is 0 Å². The number of piperidine rings is 1. The van der Waals surface area contributed by atoms with E-state index in [2.05, 4.69) is 5.32 Å². The SMILES string of the molecule is O=C1CCC(N2Cc3ccc(C(F)(F)F)c(F)c3C2=O)C(=O)N1. The van der Waals surface area contributed by atoms with Gasteiger partial charge in [-0.05, 0) is 18.1 Å². The smallest absolute Gasteiger partial charge is 0.322 e. The van der Waals surface area contributed by atoms with Gasteiger partial charge in [0.2, 0.25) is 11.8 Å². The topological polar surface area (TPSA) is 66.5 Å². The molecule has 2 heterocycles. The summed E-state index contributed by atoms with van der Waals surface area (Å²) >= 11 is 0. The molecule has 1 N–H and O–H groups in total. The van der Waals surface area contributed by atoms with Crippen LogP contribution in [0.2, 0.25) is 0 Å². The fraction of sp³-hybridized carbons (Fsp3) is 0.357. The predicted octanol–water partition coefficient (Wildman–Crippen LogP) is 1.61. The molecule has 9 heteroatoms. The molecule has 1 unspecified atom stereocenters. The largest absolute Gasteiger partial charge is 0.419 e. The summed E-state index contributed by atoms with van der Waals surface area (Å²) in [6, 6.07) is 0.613. The van der Waals surface area contributed by atoms with Crippen LogP contribution >= 0.6 is 0 Å². The quantitative estimate of drug-likeness (QED) is 0.628. The summed E-state index contributed by atoms with van der Waals surface area (Å²) < 4.78 is 52.3. The molecule has 3 amide bonds. The number of rotatable bonds is 1. The van der Waals surface area contributed by atoms with E-state index in [0.29, 0.717) is 6.07 Å². The highest BCUT2D eigenvalue weighted by atomic mass is 19.4. The van der Waals surface area contributed by atoms with E-state index in [-0.39, 0.29) is 24.9 Å². The maximum atomic E-state index is 14.1. The van der Waals surface area contributed by atoms with E-state index in [1.54, 1.807) is 0 Å². The van der Waals surface area contributed by atoms with Gasteiger partial charge in [-0.1, -0.05) is 6.07 Å². The molecule has 1 fully saturated rings. The third-order valence-electron chi connectivity index (χ3n) is 3.94. The van der Waals surface area contributed by atoms with E-state index in [9.17, 15) is 31.9 Å². The van der Waals surface area contributed by atoms with E-state index < -0.39 is 46.9 Å². The summed E-state index contributed by atoms with van der Waals surface area (Å²) in [6.45, 7) is -0.171. The van der Waals surface area contributed by atoms with Crippen molar-refractivity contribution in [2.24, 2.45) is 0 Å². The standard InChI is InChI=1S/C14H10F4N2O3/c15-11-7(14(16,17)18)2-1-6-5-20(13(23)10(6)11)8-3-4-9(21)19-12(8)22/h1-2,8H,3-5H2,(H,19,21,22). The van der Waals surface area contributed by atoms with Gasteiger partial charge in [0.15, 0.2) is 0 Å². The number of fused-ring (bicyclic) bond motifs is 1. The highest BCUT2D eigenvalue weighted by molar-refractivity contribution is 6.05. The first kappa shape index (κ1) is 15.4. The first-order chi connectivity index (χ1) is 10.7. The molecule has 0 radical (unpaired) electrons. The van der Waals surface area contributed by atoms with Gasteiger partial charge >= 0.3 is 6.18 Å². The Morgan fingerprint density at radius 2 is 1.87 bits per heavy atom. The Balaban J connectivity index is 1.95. The van der Waals surface area contributed by atoms with Crippen LogP contribution < -0.4 is 5.32 Å². The molecule has 0 aromatic heterocycles. The average molecular weight is 330 g/mol. The summed E-state index contributed by atoms with van der Waals surface area (Å²) in [6.07, 6.45) is -4.85. The molecule has 2 aliphatic rings. The number of nitrogens with one attached hydrogen (secondary N) is 1. The zero-order valence-corrected chi connectivity index (χ0v) is 11.5. The molecular formula is C14H10F4N2O3. The molecule has 5 nitrogen and oxygen atoms in total. The molecule has 1 atom stereocenters. The van der Waals surface area contributed by atoms with Gasteiger partial charge in [-0.3, -0.25) is 19.7 Å². The number of imide groups is 1. The molecule has 1 aromatic carbocycles. The Morgan fingerprint density at radius 3 is 2.48 bits per heavy atom. The van der Waals surface area contributed by atoms with Crippen molar-refractivity contribution in [3.8, 4) is 0 Å². The van der Waals surface area contributed by atoms with Crippen molar-refractivity contribution in [1.82, 2.24) is 10.2 Å². The number of carbonyl (C=O) groups is 3. The third-order valence-corrected chi connectivity index (χ3v) is 3.94. The zero-order chi connectivity index (χ0) is 16.9. The van der Waals surface area contributed by atoms with Crippen LogP contribution in [0.15, 0.2) is 12.1 Å². The number of carbonyl (C=O) groups excluding carboxylic acids is 3. The minimum absolute atomic E-state index is 0.00676. The molecule has 0 aliphatic carbocycles. The van der Waals surface area contributed by atoms with Crippen molar-refractivity contribution in [1.29, 1.82) is 0 Å². The van der Waals surface area contributed by atoms with Crippen molar-refractivity contribution in [2.45, 2.75) is 31.6 Å². The lowest BCUT2D eigenvalue weighted by atomic mass is 10.0. The first-order valence-corrected chi connectivity index (χ1v) is 6.73. The number of hydrogen-bond acceptors (Lipinski definition) is 3. The second kappa shape index (κ2) is 5.04. The number of alkyl halides is 3. The lowest BCUT2D eigenvalue weighted by molar-refractivity contribution is -0.140. The van der Waals surface area contributed by atoms with Crippen molar-refractivity contribution >= 4 is 17.7 Å². The fourth-order valence-corrected chi connectivity index (χ4v) is 2.83. The molecule has 0 spiro atoms. The van der Waals surface area contributed by atoms with E-state index in [0.717, 1.165) is 11.0 Å².